The van der Waals surface area contributed by atoms with E-state index in [4.69, 9.17) is 4.74 Å². The molecule has 1 atom stereocenters. The fourth-order valence-corrected chi connectivity index (χ4v) is 7.12. The number of anilines is 1. The lowest BCUT2D eigenvalue weighted by molar-refractivity contribution is -0.148. The van der Waals surface area contributed by atoms with E-state index in [2.05, 4.69) is 34.3 Å². The Kier molecular flexibility index (Phi) is 5.85. The van der Waals surface area contributed by atoms with Crippen LogP contribution in [0.5, 0.6) is 0 Å². The number of hydrogen-bond donors (Lipinski definition) is 2. The van der Waals surface area contributed by atoms with Crippen LogP contribution in [0.2, 0.25) is 0 Å². The summed E-state index contributed by atoms with van der Waals surface area (Å²) in [5, 5.41) is 10.5. The summed E-state index contributed by atoms with van der Waals surface area (Å²) < 4.78 is 19.5. The summed E-state index contributed by atoms with van der Waals surface area (Å²) in [6.07, 6.45) is 8.30. The minimum Gasteiger partial charge on any atom is -0.367 e. The zero-order valence-corrected chi connectivity index (χ0v) is 20.9. The minimum absolute atomic E-state index is 0.00857. The van der Waals surface area contributed by atoms with E-state index < -0.39 is 27.5 Å². The average Bonchev–Trinajstić information content (AvgIpc) is 3.20. The largest absolute Gasteiger partial charge is 0.367 e. The van der Waals surface area contributed by atoms with Crippen LogP contribution in [0.15, 0.2) is 24.3 Å². The van der Waals surface area contributed by atoms with Crippen LogP contribution >= 0.6 is 10.0 Å². The number of halogens is 1. The number of amides is 2. The van der Waals surface area contributed by atoms with E-state index in [9.17, 15) is 14.0 Å². The van der Waals surface area contributed by atoms with Crippen molar-refractivity contribution in [2.75, 3.05) is 31.2 Å². The van der Waals surface area contributed by atoms with Crippen molar-refractivity contribution in [2.45, 2.75) is 56.0 Å². The topological polar surface area (TPSA) is 87.3 Å². The lowest BCUT2D eigenvalue weighted by atomic mass is 9.83. The lowest BCUT2D eigenvalue weighted by Crippen LogP contribution is -2.51. The Morgan fingerprint density at radius 3 is 2.45 bits per heavy atom. The number of carbonyl (C=O) groups is 2. The quantitative estimate of drug-likeness (QED) is 0.658. The van der Waals surface area contributed by atoms with Gasteiger partial charge in [0.2, 0.25) is 5.91 Å². The molecule has 0 saturated heterocycles. The minimum atomic E-state index is -1.11. The molecule has 33 heavy (non-hydrogen) atoms. The van der Waals surface area contributed by atoms with Gasteiger partial charge in [0, 0.05) is 18.2 Å². The van der Waals surface area contributed by atoms with Gasteiger partial charge in [0.15, 0.2) is 11.9 Å². The van der Waals surface area contributed by atoms with E-state index in [1.807, 2.05) is 13.8 Å². The van der Waals surface area contributed by atoms with Gasteiger partial charge in [0.25, 0.3) is 5.91 Å². The Hall–Kier alpha value is -2.39. The van der Waals surface area contributed by atoms with Crippen molar-refractivity contribution in [3.8, 4) is 0 Å². The van der Waals surface area contributed by atoms with Gasteiger partial charge in [0.1, 0.15) is 5.82 Å². The van der Waals surface area contributed by atoms with Gasteiger partial charge in [0.05, 0.1) is 22.5 Å². The molecule has 2 aromatic rings. The Bertz CT molecular complexity index is 1090. The number of benzene rings is 1. The second-order valence-corrected chi connectivity index (χ2v) is 14.6. The predicted octanol–water partition coefficient (Wildman–Crippen LogP) is 4.07. The molecule has 1 aromatic carbocycles. The molecule has 0 unspecified atom stereocenters. The molecule has 1 saturated carbocycles. The summed E-state index contributed by atoms with van der Waals surface area (Å²) >= 11 is 0. The molecule has 2 amide bonds. The van der Waals surface area contributed by atoms with E-state index in [-0.39, 0.29) is 28.7 Å². The van der Waals surface area contributed by atoms with Gasteiger partial charge >= 0.3 is 0 Å². The SMILES string of the molecule is CO[C@@H](C(=O)N1Cc2c(NC(=O)C3(S(C)(C)C)CCC3)n[nH]c2C1(C)C)c1ccccc1F. The highest BCUT2D eigenvalue weighted by Gasteiger charge is 2.51. The maximum Gasteiger partial charge on any atom is 0.257 e. The van der Waals surface area contributed by atoms with Gasteiger partial charge in [-0.2, -0.15) is 5.10 Å². The summed E-state index contributed by atoms with van der Waals surface area (Å²) in [7, 11) is 0.293. The number of ether oxygens (including phenoxy) is 1. The molecule has 0 radical (unpaired) electrons. The molecule has 180 valence electrons. The smallest absolute Gasteiger partial charge is 0.257 e. The highest BCUT2D eigenvalue weighted by Crippen LogP contribution is 2.60. The number of nitrogens with zero attached hydrogens (tertiary/aromatic N) is 2. The van der Waals surface area contributed by atoms with E-state index in [0.717, 1.165) is 30.5 Å². The van der Waals surface area contributed by atoms with Gasteiger partial charge in [-0.15, -0.1) is 0 Å². The summed E-state index contributed by atoms with van der Waals surface area (Å²) in [5.41, 5.74) is 1.01. The van der Waals surface area contributed by atoms with Crippen LogP contribution in [0, 0.1) is 5.82 Å². The molecule has 1 fully saturated rings. The second-order valence-electron chi connectivity index (χ2n) is 10.2. The number of nitrogens with one attached hydrogen (secondary N) is 2. The van der Waals surface area contributed by atoms with Crippen LogP contribution in [0.1, 0.15) is 56.0 Å². The number of fused-ring (bicyclic) bond motifs is 1. The van der Waals surface area contributed by atoms with Crippen molar-refractivity contribution >= 4 is 27.7 Å². The van der Waals surface area contributed by atoms with Crippen molar-refractivity contribution in [3.63, 3.8) is 0 Å². The van der Waals surface area contributed by atoms with E-state index in [0.29, 0.717) is 5.82 Å². The predicted molar refractivity (Wildman–Crippen MR) is 129 cm³/mol. The molecule has 4 rings (SSSR count). The van der Waals surface area contributed by atoms with Crippen molar-refractivity contribution in [1.29, 1.82) is 0 Å². The summed E-state index contributed by atoms with van der Waals surface area (Å²) in [5.74, 6) is -0.357. The van der Waals surface area contributed by atoms with Gasteiger partial charge in [-0.25, -0.2) is 14.4 Å². The van der Waals surface area contributed by atoms with Gasteiger partial charge < -0.3 is 15.0 Å². The van der Waals surface area contributed by atoms with Crippen molar-refractivity contribution < 1.29 is 18.7 Å². The van der Waals surface area contributed by atoms with Crippen LogP contribution in [0.4, 0.5) is 10.2 Å². The Morgan fingerprint density at radius 1 is 1.24 bits per heavy atom. The molecule has 0 spiro atoms. The molecule has 7 nitrogen and oxygen atoms in total. The average molecular weight is 477 g/mol. The summed E-state index contributed by atoms with van der Waals surface area (Å²) in [6.45, 7) is 4.06. The maximum absolute atomic E-state index is 14.4. The number of hydrogen-bond acceptors (Lipinski definition) is 4. The van der Waals surface area contributed by atoms with Crippen LogP contribution in [-0.2, 0) is 26.4 Å². The highest BCUT2D eigenvalue weighted by molar-refractivity contribution is 8.33. The lowest BCUT2D eigenvalue weighted by Gasteiger charge is -2.53. The zero-order chi connectivity index (χ0) is 24.2. The van der Waals surface area contributed by atoms with Crippen LogP contribution in [0.3, 0.4) is 0 Å². The number of methoxy groups -OCH3 is 1. The van der Waals surface area contributed by atoms with E-state index in [1.165, 1.54) is 13.2 Å². The molecule has 2 N–H and O–H groups in total. The highest BCUT2D eigenvalue weighted by atomic mass is 32.3. The first-order chi connectivity index (χ1) is 15.4. The first-order valence-electron chi connectivity index (χ1n) is 11.1. The molecule has 1 aliphatic carbocycles. The fraction of sp³-hybridized carbons (Fsp3) is 0.542. The number of H-pyrrole nitrogens is 1. The van der Waals surface area contributed by atoms with E-state index >= 15 is 0 Å². The molecule has 2 heterocycles. The number of carbonyl (C=O) groups excluding carboxylic acids is 2. The van der Waals surface area contributed by atoms with Crippen molar-refractivity contribution in [3.05, 3.63) is 46.9 Å². The number of rotatable bonds is 6. The van der Waals surface area contributed by atoms with Crippen molar-refractivity contribution in [2.24, 2.45) is 0 Å². The molecule has 1 aromatic heterocycles. The molecular formula is C24H33FN4O3S. The van der Waals surface area contributed by atoms with Crippen LogP contribution < -0.4 is 5.32 Å². The third-order valence-corrected chi connectivity index (χ3v) is 10.3. The number of aromatic nitrogens is 2. The Morgan fingerprint density at radius 2 is 1.91 bits per heavy atom. The second kappa shape index (κ2) is 8.13. The molecule has 9 heteroatoms. The number of aromatic amines is 1. The Balaban J connectivity index is 1.60. The standard InChI is InChI=1S/C24H33FN4O3S/c1-23(2)19-16(14-29(23)21(30)18(32-3)15-10-7-8-11-17(15)25)20(28-27-19)26-22(31)24(12-9-13-24)33(4,5)6/h7-8,10-11,18H,9,12-14H2,1-6H3,(H2,26,27,28,31)/t18-/m1/s1. The molecule has 0 bridgehead atoms. The van der Waals surface area contributed by atoms with Crippen LogP contribution in [-0.4, -0.2) is 57.5 Å². The molecule has 2 aliphatic rings. The third-order valence-electron chi connectivity index (χ3n) is 7.36. The first kappa shape index (κ1) is 23.8. The molecular weight excluding hydrogens is 443 g/mol. The monoisotopic (exact) mass is 476 g/mol. The van der Waals surface area contributed by atoms with Gasteiger partial charge in [-0.3, -0.25) is 14.7 Å². The Labute approximate surface area is 195 Å². The maximum atomic E-state index is 14.4. The summed E-state index contributed by atoms with van der Waals surface area (Å²) in [4.78, 5) is 28.5. The zero-order valence-electron chi connectivity index (χ0n) is 20.1. The normalized spacial score (nSPS) is 20.0. The van der Waals surface area contributed by atoms with Crippen molar-refractivity contribution in [1.82, 2.24) is 15.1 Å². The third kappa shape index (κ3) is 3.65. The van der Waals surface area contributed by atoms with Crippen LogP contribution in [0.25, 0.3) is 0 Å². The fourth-order valence-electron chi connectivity index (χ4n) is 5.00. The van der Waals surface area contributed by atoms with Gasteiger partial charge in [-0.1, -0.05) is 18.2 Å². The van der Waals surface area contributed by atoms with Gasteiger partial charge in [-0.05, 0) is 57.9 Å². The summed E-state index contributed by atoms with van der Waals surface area (Å²) in [6, 6.07) is 6.14. The first-order valence-corrected chi connectivity index (χ1v) is 14.0. The molecule has 1 aliphatic heterocycles. The van der Waals surface area contributed by atoms with E-state index in [1.54, 1.807) is 23.1 Å².